The molecule has 1 heterocycles. The molecule has 0 fully saturated rings. The molecule has 0 bridgehead atoms. The van der Waals surface area contributed by atoms with E-state index in [9.17, 15) is 13.6 Å². The molecule has 2 aromatic carbocycles. The summed E-state index contributed by atoms with van der Waals surface area (Å²) < 4.78 is 27.8. The highest BCUT2D eigenvalue weighted by Gasteiger charge is 2.13. The van der Waals surface area contributed by atoms with Crippen molar-refractivity contribution in [2.45, 2.75) is 6.54 Å². The second kappa shape index (κ2) is 5.30. The fourth-order valence-electron chi connectivity index (χ4n) is 2.25. The quantitative estimate of drug-likeness (QED) is 0.655. The Hall–Kier alpha value is -2.20. The number of fused-ring (bicyclic) bond motifs is 1. The normalized spacial score (nSPS) is 11.0. The van der Waals surface area contributed by atoms with Crippen LogP contribution in [-0.2, 0) is 6.54 Å². The first-order valence-corrected chi connectivity index (χ1v) is 6.65. The van der Waals surface area contributed by atoms with E-state index in [2.05, 4.69) is 0 Å². The summed E-state index contributed by atoms with van der Waals surface area (Å²) in [4.78, 5) is 12.2. The van der Waals surface area contributed by atoms with Crippen molar-refractivity contribution in [2.75, 3.05) is 0 Å². The molecule has 3 rings (SSSR count). The average Bonchev–Trinajstić information content (AvgIpc) is 2.79. The van der Waals surface area contributed by atoms with Crippen molar-refractivity contribution in [1.82, 2.24) is 4.57 Å². The summed E-state index contributed by atoms with van der Waals surface area (Å²) in [5.41, 5.74) is 0.946. The molecule has 0 aliphatic heterocycles. The summed E-state index contributed by atoms with van der Waals surface area (Å²) in [5.74, 6) is -2.32. The van der Waals surface area contributed by atoms with Gasteiger partial charge in [0.05, 0.1) is 11.6 Å². The van der Waals surface area contributed by atoms with Crippen LogP contribution in [0, 0.1) is 11.6 Å². The molecule has 0 spiro atoms. The van der Waals surface area contributed by atoms with Crippen LogP contribution in [0.15, 0.2) is 48.7 Å². The number of Topliss-reactive ketones (excluding diaryl/α,β-unsaturated/α-hetero) is 1. The summed E-state index contributed by atoms with van der Waals surface area (Å²) in [5, 5.41) is 1.39. The number of aromatic nitrogens is 1. The zero-order valence-corrected chi connectivity index (χ0v) is 11.6. The third kappa shape index (κ3) is 2.54. The number of rotatable bonds is 3. The minimum atomic E-state index is -1.03. The predicted molar refractivity (Wildman–Crippen MR) is 77.6 cm³/mol. The highest BCUT2D eigenvalue weighted by atomic mass is 35.5. The van der Waals surface area contributed by atoms with E-state index in [1.807, 2.05) is 24.3 Å². The van der Waals surface area contributed by atoms with E-state index in [0.29, 0.717) is 5.02 Å². The van der Waals surface area contributed by atoms with E-state index in [-0.39, 0.29) is 17.9 Å². The Kier molecular flexibility index (Phi) is 3.47. The standard InChI is InChI=1S/C16H10ClF2NO/c17-12-8-20(15-4-2-1-3-11(12)15)9-16(21)10-5-6-13(18)14(19)7-10/h1-8H,9H2. The highest BCUT2D eigenvalue weighted by molar-refractivity contribution is 6.35. The monoisotopic (exact) mass is 305 g/mol. The maximum atomic E-state index is 13.2. The summed E-state index contributed by atoms with van der Waals surface area (Å²) >= 11 is 6.11. The SMILES string of the molecule is O=C(Cn1cc(Cl)c2ccccc21)c1ccc(F)c(F)c1. The zero-order chi connectivity index (χ0) is 15.0. The van der Waals surface area contributed by atoms with Gasteiger partial charge in [-0.15, -0.1) is 0 Å². The number of para-hydroxylation sites is 1. The van der Waals surface area contributed by atoms with Crippen molar-refractivity contribution in [2.24, 2.45) is 0 Å². The molecule has 0 amide bonds. The lowest BCUT2D eigenvalue weighted by Crippen LogP contribution is -2.10. The minimum absolute atomic E-state index is 0.0122. The molecule has 5 heteroatoms. The van der Waals surface area contributed by atoms with Gasteiger partial charge < -0.3 is 4.57 Å². The number of ketones is 1. The second-order valence-electron chi connectivity index (χ2n) is 4.67. The molecule has 0 saturated carbocycles. The van der Waals surface area contributed by atoms with E-state index in [1.165, 1.54) is 6.07 Å². The number of hydrogen-bond donors (Lipinski definition) is 0. The first-order valence-electron chi connectivity index (χ1n) is 6.28. The van der Waals surface area contributed by atoms with Crippen molar-refractivity contribution in [3.63, 3.8) is 0 Å². The van der Waals surface area contributed by atoms with Gasteiger partial charge in [0.1, 0.15) is 0 Å². The van der Waals surface area contributed by atoms with Crippen molar-refractivity contribution < 1.29 is 13.6 Å². The average molecular weight is 306 g/mol. The molecular weight excluding hydrogens is 296 g/mol. The highest BCUT2D eigenvalue weighted by Crippen LogP contribution is 2.25. The molecule has 0 atom stereocenters. The third-order valence-electron chi connectivity index (χ3n) is 3.30. The Morgan fingerprint density at radius 2 is 1.86 bits per heavy atom. The van der Waals surface area contributed by atoms with Gasteiger partial charge in [-0.1, -0.05) is 29.8 Å². The molecule has 0 saturated heterocycles. The smallest absolute Gasteiger partial charge is 0.182 e. The number of carbonyl (C=O) groups excluding carboxylic acids is 1. The molecule has 1 aromatic heterocycles. The second-order valence-corrected chi connectivity index (χ2v) is 5.08. The summed E-state index contributed by atoms with van der Waals surface area (Å²) in [7, 11) is 0. The van der Waals surface area contributed by atoms with Crippen LogP contribution in [0.25, 0.3) is 10.9 Å². The fourth-order valence-corrected chi connectivity index (χ4v) is 2.53. The van der Waals surface area contributed by atoms with E-state index < -0.39 is 11.6 Å². The van der Waals surface area contributed by atoms with Gasteiger partial charge in [0, 0.05) is 22.7 Å². The van der Waals surface area contributed by atoms with Gasteiger partial charge in [-0.05, 0) is 24.3 Å². The number of benzene rings is 2. The molecular formula is C16H10ClF2NO. The summed E-state index contributed by atoms with van der Waals surface area (Å²) in [6, 6.07) is 10.5. The number of nitrogens with zero attached hydrogens (tertiary/aromatic N) is 1. The lowest BCUT2D eigenvalue weighted by Gasteiger charge is -2.05. The third-order valence-corrected chi connectivity index (χ3v) is 3.60. The van der Waals surface area contributed by atoms with Crippen LogP contribution in [0.2, 0.25) is 5.02 Å². The largest absolute Gasteiger partial charge is 0.338 e. The summed E-state index contributed by atoms with van der Waals surface area (Å²) in [6.45, 7) is 0.0122. The Labute approximate surface area is 124 Å². The fraction of sp³-hybridized carbons (Fsp3) is 0.0625. The van der Waals surface area contributed by atoms with Crippen molar-refractivity contribution in [3.05, 3.63) is 70.9 Å². The van der Waals surface area contributed by atoms with Crippen molar-refractivity contribution >= 4 is 28.3 Å². The minimum Gasteiger partial charge on any atom is -0.338 e. The lowest BCUT2D eigenvalue weighted by molar-refractivity contribution is 0.0973. The van der Waals surface area contributed by atoms with Crippen LogP contribution < -0.4 is 0 Å². The lowest BCUT2D eigenvalue weighted by atomic mass is 10.1. The number of hydrogen-bond acceptors (Lipinski definition) is 1. The molecule has 0 unspecified atom stereocenters. The Balaban J connectivity index is 1.94. The van der Waals surface area contributed by atoms with Crippen LogP contribution in [-0.4, -0.2) is 10.4 Å². The van der Waals surface area contributed by atoms with Crippen LogP contribution in [0.5, 0.6) is 0 Å². The Morgan fingerprint density at radius 1 is 1.10 bits per heavy atom. The van der Waals surface area contributed by atoms with Gasteiger partial charge in [-0.3, -0.25) is 4.79 Å². The van der Waals surface area contributed by atoms with E-state index in [1.54, 1.807) is 10.8 Å². The van der Waals surface area contributed by atoms with Crippen LogP contribution in [0.1, 0.15) is 10.4 Å². The first kappa shape index (κ1) is 13.8. The van der Waals surface area contributed by atoms with Crippen LogP contribution in [0.3, 0.4) is 0 Å². The van der Waals surface area contributed by atoms with Gasteiger partial charge in [-0.25, -0.2) is 8.78 Å². The number of carbonyl (C=O) groups is 1. The van der Waals surface area contributed by atoms with Gasteiger partial charge in [0.2, 0.25) is 0 Å². The van der Waals surface area contributed by atoms with Crippen molar-refractivity contribution in [3.8, 4) is 0 Å². The van der Waals surface area contributed by atoms with Gasteiger partial charge in [-0.2, -0.15) is 0 Å². The maximum Gasteiger partial charge on any atom is 0.182 e. The molecule has 0 radical (unpaired) electrons. The molecule has 21 heavy (non-hydrogen) atoms. The Bertz CT molecular complexity index is 841. The van der Waals surface area contributed by atoms with Crippen LogP contribution in [0.4, 0.5) is 8.78 Å². The molecule has 3 aromatic rings. The summed E-state index contributed by atoms with van der Waals surface area (Å²) in [6.07, 6.45) is 1.66. The predicted octanol–water partition coefficient (Wildman–Crippen LogP) is 4.46. The van der Waals surface area contributed by atoms with Gasteiger partial charge >= 0.3 is 0 Å². The molecule has 106 valence electrons. The van der Waals surface area contributed by atoms with E-state index in [0.717, 1.165) is 23.0 Å². The molecule has 0 aliphatic carbocycles. The zero-order valence-electron chi connectivity index (χ0n) is 10.8. The van der Waals surface area contributed by atoms with E-state index in [4.69, 9.17) is 11.6 Å². The molecule has 2 nitrogen and oxygen atoms in total. The van der Waals surface area contributed by atoms with E-state index >= 15 is 0 Å². The van der Waals surface area contributed by atoms with Crippen LogP contribution >= 0.6 is 11.6 Å². The Morgan fingerprint density at radius 3 is 2.62 bits per heavy atom. The van der Waals surface area contributed by atoms with Gasteiger partial charge in [0.15, 0.2) is 17.4 Å². The first-order chi connectivity index (χ1) is 10.1. The number of halogens is 3. The topological polar surface area (TPSA) is 22.0 Å². The maximum absolute atomic E-state index is 13.2. The van der Waals surface area contributed by atoms with Gasteiger partial charge in [0.25, 0.3) is 0 Å². The van der Waals surface area contributed by atoms with Crippen molar-refractivity contribution in [1.29, 1.82) is 0 Å². The molecule has 0 aliphatic rings. The molecule has 0 N–H and O–H groups in total.